The topological polar surface area (TPSA) is 48.7 Å². The maximum absolute atomic E-state index is 8.58. The summed E-state index contributed by atoms with van der Waals surface area (Å²) in [4.78, 5) is 4.09. The molecule has 5 heteroatoms. The number of hydrogen-bond donors (Lipinski definition) is 1. The minimum Gasteiger partial charge on any atom is -0.369 e. The number of hydrogen-bond acceptors (Lipinski definition) is 3. The van der Waals surface area contributed by atoms with Crippen LogP contribution in [0.3, 0.4) is 0 Å². The van der Waals surface area contributed by atoms with Gasteiger partial charge in [-0.2, -0.15) is 5.26 Å². The Kier molecular flexibility index (Phi) is 4.42. The van der Waals surface area contributed by atoms with E-state index in [0.29, 0.717) is 11.6 Å². The van der Waals surface area contributed by atoms with Crippen molar-refractivity contribution in [2.45, 2.75) is 6.92 Å². The summed E-state index contributed by atoms with van der Waals surface area (Å²) in [5, 5.41) is 12.3. The van der Waals surface area contributed by atoms with Crippen molar-refractivity contribution in [2.24, 2.45) is 5.92 Å². The molecule has 1 rings (SSSR count). The molecule has 0 saturated heterocycles. The van der Waals surface area contributed by atoms with Crippen LogP contribution in [0.15, 0.2) is 12.3 Å². The van der Waals surface area contributed by atoms with Crippen molar-refractivity contribution in [3.8, 4) is 6.07 Å². The van der Waals surface area contributed by atoms with E-state index in [4.69, 9.17) is 16.9 Å². The first-order valence-corrected chi connectivity index (χ1v) is 5.53. The van der Waals surface area contributed by atoms with Gasteiger partial charge in [-0.15, -0.1) is 0 Å². The van der Waals surface area contributed by atoms with Crippen LogP contribution >= 0.6 is 34.2 Å². The van der Waals surface area contributed by atoms with E-state index >= 15 is 0 Å². The maximum atomic E-state index is 8.58. The highest BCUT2D eigenvalue weighted by Gasteiger charge is 2.02. The van der Waals surface area contributed by atoms with Gasteiger partial charge in [0.25, 0.3) is 0 Å². The number of anilines is 1. The van der Waals surface area contributed by atoms with E-state index < -0.39 is 0 Å². The van der Waals surface area contributed by atoms with Crippen LogP contribution in [-0.2, 0) is 0 Å². The number of halogens is 2. The van der Waals surface area contributed by atoms with Crippen molar-refractivity contribution in [1.29, 1.82) is 5.26 Å². The Balaban J connectivity index is 2.61. The molecular weight excluding hydrogens is 312 g/mol. The molecule has 1 aromatic heterocycles. The van der Waals surface area contributed by atoms with Crippen LogP contribution in [0.4, 0.5) is 5.82 Å². The Labute approximate surface area is 102 Å². The fraction of sp³-hybridized carbons (Fsp3) is 0.333. The van der Waals surface area contributed by atoms with Crippen molar-refractivity contribution in [3.63, 3.8) is 0 Å². The number of aromatic nitrogens is 1. The molecular formula is C9H9ClIN3. The predicted molar refractivity (Wildman–Crippen MR) is 65.2 cm³/mol. The monoisotopic (exact) mass is 321 g/mol. The third-order valence-corrected chi connectivity index (χ3v) is 3.13. The lowest BCUT2D eigenvalue weighted by Crippen LogP contribution is -2.10. The molecule has 1 heterocycles. The fourth-order valence-corrected chi connectivity index (χ4v) is 1.35. The van der Waals surface area contributed by atoms with Crippen LogP contribution < -0.4 is 5.32 Å². The summed E-state index contributed by atoms with van der Waals surface area (Å²) in [6.45, 7) is 2.45. The highest BCUT2D eigenvalue weighted by Crippen LogP contribution is 2.19. The molecule has 0 aliphatic rings. The van der Waals surface area contributed by atoms with Crippen molar-refractivity contribution in [1.82, 2.24) is 4.98 Å². The number of nitriles is 1. The summed E-state index contributed by atoms with van der Waals surface area (Å²) >= 11 is 7.96. The Hall–Kier alpha value is -0.540. The molecule has 0 aliphatic heterocycles. The molecule has 0 amide bonds. The molecule has 0 saturated carbocycles. The number of nitrogens with zero attached hydrogens (tertiary/aromatic N) is 2. The van der Waals surface area contributed by atoms with E-state index in [9.17, 15) is 0 Å². The normalized spacial score (nSPS) is 11.9. The van der Waals surface area contributed by atoms with Crippen LogP contribution in [0, 0.1) is 20.8 Å². The van der Waals surface area contributed by atoms with Crippen LogP contribution in [0.25, 0.3) is 0 Å². The Bertz CT molecular complexity index is 362. The second kappa shape index (κ2) is 5.37. The second-order valence-corrected chi connectivity index (χ2v) is 4.46. The van der Waals surface area contributed by atoms with Crippen LogP contribution in [-0.4, -0.2) is 11.5 Å². The molecule has 0 aliphatic carbocycles. The van der Waals surface area contributed by atoms with Gasteiger partial charge >= 0.3 is 0 Å². The van der Waals surface area contributed by atoms with E-state index in [1.807, 2.05) is 13.0 Å². The van der Waals surface area contributed by atoms with E-state index in [-0.39, 0.29) is 5.92 Å². The van der Waals surface area contributed by atoms with Crippen molar-refractivity contribution < 1.29 is 0 Å². The maximum Gasteiger partial charge on any atom is 0.127 e. The molecule has 1 aromatic rings. The van der Waals surface area contributed by atoms with E-state index in [2.05, 4.69) is 39.0 Å². The fourth-order valence-electron chi connectivity index (χ4n) is 0.814. The highest BCUT2D eigenvalue weighted by molar-refractivity contribution is 14.1. The van der Waals surface area contributed by atoms with Gasteiger partial charge in [0.2, 0.25) is 0 Å². The summed E-state index contributed by atoms with van der Waals surface area (Å²) in [6.07, 6.45) is 1.60. The second-order valence-electron chi connectivity index (χ2n) is 2.89. The lowest BCUT2D eigenvalue weighted by Gasteiger charge is -2.06. The van der Waals surface area contributed by atoms with Gasteiger partial charge in [0.1, 0.15) is 5.82 Å². The van der Waals surface area contributed by atoms with Gasteiger partial charge in [-0.05, 0) is 35.6 Å². The lowest BCUT2D eigenvalue weighted by atomic mass is 10.2. The Morgan fingerprint density at radius 3 is 3.07 bits per heavy atom. The average molecular weight is 322 g/mol. The first-order chi connectivity index (χ1) is 6.63. The Morgan fingerprint density at radius 2 is 2.50 bits per heavy atom. The minimum absolute atomic E-state index is 0.0230. The molecule has 3 nitrogen and oxygen atoms in total. The molecule has 14 heavy (non-hydrogen) atoms. The summed E-state index contributed by atoms with van der Waals surface area (Å²) < 4.78 is 0.950. The SMILES string of the molecule is CC(C#N)CNc1cc(I)c(Cl)cn1. The zero-order valence-corrected chi connectivity index (χ0v) is 10.5. The molecule has 1 N–H and O–H groups in total. The summed E-state index contributed by atoms with van der Waals surface area (Å²) in [7, 11) is 0. The standard InChI is InChI=1S/C9H9ClIN3/c1-6(3-12)4-13-9-2-8(11)7(10)5-14-9/h2,5-6H,4H2,1H3,(H,13,14). The zero-order chi connectivity index (χ0) is 10.6. The van der Waals surface area contributed by atoms with Crippen molar-refractivity contribution in [3.05, 3.63) is 20.9 Å². The van der Waals surface area contributed by atoms with Crippen LogP contribution in [0.2, 0.25) is 5.02 Å². The van der Waals surface area contributed by atoms with Gasteiger partial charge in [0, 0.05) is 16.3 Å². The van der Waals surface area contributed by atoms with Gasteiger partial charge in [0.15, 0.2) is 0 Å². The third kappa shape index (κ3) is 3.31. The molecule has 0 aromatic carbocycles. The van der Waals surface area contributed by atoms with Gasteiger partial charge in [-0.1, -0.05) is 11.6 Å². The smallest absolute Gasteiger partial charge is 0.127 e. The quantitative estimate of drug-likeness (QED) is 0.871. The molecule has 0 bridgehead atoms. The van der Waals surface area contributed by atoms with E-state index in [1.54, 1.807) is 6.20 Å². The first-order valence-electron chi connectivity index (χ1n) is 4.08. The molecule has 0 radical (unpaired) electrons. The van der Waals surface area contributed by atoms with Crippen LogP contribution in [0.1, 0.15) is 6.92 Å². The van der Waals surface area contributed by atoms with Crippen molar-refractivity contribution >= 4 is 40.0 Å². The third-order valence-electron chi connectivity index (χ3n) is 1.62. The molecule has 1 unspecified atom stereocenters. The first kappa shape index (κ1) is 11.5. The summed E-state index contributed by atoms with van der Waals surface area (Å²) in [5.41, 5.74) is 0. The van der Waals surface area contributed by atoms with Gasteiger partial charge in [-0.25, -0.2) is 4.98 Å². The van der Waals surface area contributed by atoms with E-state index in [0.717, 1.165) is 9.39 Å². The molecule has 1 atom stereocenters. The lowest BCUT2D eigenvalue weighted by molar-refractivity contribution is 0.783. The number of rotatable bonds is 3. The van der Waals surface area contributed by atoms with Crippen molar-refractivity contribution in [2.75, 3.05) is 11.9 Å². The minimum atomic E-state index is -0.0230. The molecule has 74 valence electrons. The number of pyridine rings is 1. The zero-order valence-electron chi connectivity index (χ0n) is 7.59. The molecule has 0 spiro atoms. The summed E-state index contributed by atoms with van der Waals surface area (Å²) in [5.74, 6) is 0.728. The summed E-state index contributed by atoms with van der Waals surface area (Å²) in [6, 6.07) is 4.00. The van der Waals surface area contributed by atoms with Crippen LogP contribution in [0.5, 0.6) is 0 Å². The number of nitrogens with one attached hydrogen (secondary N) is 1. The Morgan fingerprint density at radius 1 is 1.79 bits per heavy atom. The predicted octanol–water partition coefficient (Wildman–Crippen LogP) is 2.91. The average Bonchev–Trinajstić information content (AvgIpc) is 2.19. The molecule has 0 fully saturated rings. The van der Waals surface area contributed by atoms with Gasteiger partial charge in [0.05, 0.1) is 17.0 Å². The van der Waals surface area contributed by atoms with Gasteiger partial charge in [-0.3, -0.25) is 0 Å². The highest BCUT2D eigenvalue weighted by atomic mass is 127. The van der Waals surface area contributed by atoms with Gasteiger partial charge < -0.3 is 5.32 Å². The largest absolute Gasteiger partial charge is 0.369 e. The van der Waals surface area contributed by atoms with E-state index in [1.165, 1.54) is 0 Å².